The molecule has 0 bridgehead atoms. The van der Waals surface area contributed by atoms with Crippen molar-refractivity contribution in [3.63, 3.8) is 0 Å². The summed E-state index contributed by atoms with van der Waals surface area (Å²) in [4.78, 5) is 7.75. The fourth-order valence-corrected chi connectivity index (χ4v) is 3.94. The van der Waals surface area contributed by atoms with E-state index in [1.165, 1.54) is 12.0 Å². The lowest BCUT2D eigenvalue weighted by atomic mass is 10.2. The highest BCUT2D eigenvalue weighted by Gasteiger charge is 2.19. The Labute approximate surface area is 145 Å². The molecule has 2 aromatic rings. The minimum atomic E-state index is 0.525. The molecular weight excluding hydrogens is 320 g/mol. The first kappa shape index (κ1) is 16.7. The van der Waals surface area contributed by atoms with Gasteiger partial charge in [-0.2, -0.15) is 0 Å². The zero-order chi connectivity index (χ0) is 17.1. The molecule has 0 radical (unpaired) electrons. The van der Waals surface area contributed by atoms with E-state index < -0.39 is 0 Å². The number of hydrogen-bond acceptors (Lipinski definition) is 7. The Morgan fingerprint density at radius 2 is 2.42 bits per heavy atom. The van der Waals surface area contributed by atoms with Crippen LogP contribution in [0, 0.1) is 0 Å². The van der Waals surface area contributed by atoms with E-state index in [0.717, 1.165) is 34.7 Å². The van der Waals surface area contributed by atoms with E-state index in [9.17, 15) is 0 Å². The van der Waals surface area contributed by atoms with Gasteiger partial charge in [0.15, 0.2) is 0 Å². The van der Waals surface area contributed by atoms with Crippen molar-refractivity contribution in [1.82, 2.24) is 20.6 Å². The van der Waals surface area contributed by atoms with E-state index in [-0.39, 0.29) is 0 Å². The molecule has 2 aromatic heterocycles. The molecule has 0 unspecified atom stereocenters. The van der Waals surface area contributed by atoms with Gasteiger partial charge in [-0.15, -0.1) is 16.4 Å². The standard InChI is InChI=1S/C17H22N6S/c1-4-20-22-11(2)15-8-14-17(24-15)12(7-16(18)21-14)9-19-13-5-6-23(3)10-13/h7-8,13,19,22H,1-2,5-6,9-10H2,3H3,(H2,18,21)/t13-/m0/s1. The smallest absolute Gasteiger partial charge is 0.124 e. The zero-order valence-corrected chi connectivity index (χ0v) is 14.6. The number of thiophene rings is 1. The van der Waals surface area contributed by atoms with E-state index >= 15 is 0 Å². The summed E-state index contributed by atoms with van der Waals surface area (Å²) in [5, 5.41) is 7.42. The SMILES string of the molecule is C=C=NNC(=C)c1cc2nc(N)cc(CN[C@H]3CCN(C)C3)c2s1. The van der Waals surface area contributed by atoms with Crippen LogP contribution in [-0.4, -0.2) is 41.9 Å². The Hall–Kier alpha value is -2.18. The topological polar surface area (TPSA) is 78.6 Å². The molecule has 7 heteroatoms. The van der Waals surface area contributed by atoms with Crippen LogP contribution in [0.15, 0.2) is 30.4 Å². The molecule has 0 aliphatic carbocycles. The number of nitrogen functional groups attached to an aromatic ring is 1. The molecule has 1 fully saturated rings. The summed E-state index contributed by atoms with van der Waals surface area (Å²) in [6.45, 7) is 10.4. The van der Waals surface area contributed by atoms with Gasteiger partial charge in [-0.25, -0.2) is 4.98 Å². The van der Waals surface area contributed by atoms with Crippen LogP contribution < -0.4 is 16.5 Å². The second-order valence-corrected chi connectivity index (χ2v) is 7.07. The monoisotopic (exact) mass is 342 g/mol. The van der Waals surface area contributed by atoms with E-state index in [4.69, 9.17) is 5.73 Å². The lowest BCUT2D eigenvalue weighted by Crippen LogP contribution is -2.31. The Bertz CT molecular complexity index is 805. The second-order valence-electron chi connectivity index (χ2n) is 6.02. The minimum absolute atomic E-state index is 0.525. The predicted octanol–water partition coefficient (Wildman–Crippen LogP) is 2.00. The van der Waals surface area contributed by atoms with E-state index in [1.807, 2.05) is 12.1 Å². The number of anilines is 1. The molecule has 1 aliphatic heterocycles. The highest BCUT2D eigenvalue weighted by Crippen LogP contribution is 2.31. The van der Waals surface area contributed by atoms with Crippen molar-refractivity contribution < 1.29 is 0 Å². The predicted molar refractivity (Wildman–Crippen MR) is 102 cm³/mol. The van der Waals surface area contributed by atoms with Gasteiger partial charge in [0.2, 0.25) is 0 Å². The van der Waals surface area contributed by atoms with Gasteiger partial charge >= 0.3 is 0 Å². The maximum absolute atomic E-state index is 5.98. The molecule has 6 nitrogen and oxygen atoms in total. The van der Waals surface area contributed by atoms with Gasteiger partial charge in [-0.1, -0.05) is 6.58 Å². The summed E-state index contributed by atoms with van der Waals surface area (Å²) in [6, 6.07) is 4.46. The maximum Gasteiger partial charge on any atom is 0.124 e. The lowest BCUT2D eigenvalue weighted by Gasteiger charge is -2.13. The van der Waals surface area contributed by atoms with Crippen molar-refractivity contribution >= 4 is 38.9 Å². The summed E-state index contributed by atoms with van der Waals surface area (Å²) in [6.07, 6.45) is 1.18. The fourth-order valence-electron chi connectivity index (χ4n) is 2.91. The molecular formula is C17H22N6S. The quantitative estimate of drug-likeness (QED) is 0.553. The van der Waals surface area contributed by atoms with Gasteiger partial charge in [-0.3, -0.25) is 5.43 Å². The molecule has 126 valence electrons. The Morgan fingerprint density at radius 1 is 1.58 bits per heavy atom. The van der Waals surface area contributed by atoms with Crippen LogP contribution in [0.1, 0.15) is 16.9 Å². The van der Waals surface area contributed by atoms with Crippen molar-refractivity contribution in [3.8, 4) is 0 Å². The van der Waals surface area contributed by atoms with Crippen molar-refractivity contribution in [2.24, 2.45) is 5.10 Å². The van der Waals surface area contributed by atoms with Crippen LogP contribution in [0.5, 0.6) is 0 Å². The van der Waals surface area contributed by atoms with Gasteiger partial charge in [0.05, 0.1) is 20.8 Å². The van der Waals surface area contributed by atoms with Crippen LogP contribution in [0.2, 0.25) is 0 Å². The fraction of sp³-hybridized carbons (Fsp3) is 0.353. The molecule has 0 spiro atoms. The molecule has 0 aromatic carbocycles. The largest absolute Gasteiger partial charge is 0.384 e. The number of likely N-dealkylation sites (tertiary alicyclic amines) is 1. The second kappa shape index (κ2) is 7.15. The molecule has 0 saturated carbocycles. The van der Waals surface area contributed by atoms with Crippen LogP contribution in [-0.2, 0) is 6.54 Å². The van der Waals surface area contributed by atoms with Crippen molar-refractivity contribution in [2.75, 3.05) is 25.9 Å². The summed E-state index contributed by atoms with van der Waals surface area (Å²) in [5.41, 5.74) is 11.5. The summed E-state index contributed by atoms with van der Waals surface area (Å²) in [5.74, 6) is 2.97. The van der Waals surface area contributed by atoms with Gasteiger partial charge in [0.25, 0.3) is 0 Å². The van der Waals surface area contributed by atoms with E-state index in [2.05, 4.69) is 51.8 Å². The van der Waals surface area contributed by atoms with Crippen molar-refractivity contribution in [1.29, 1.82) is 0 Å². The van der Waals surface area contributed by atoms with Gasteiger partial charge in [0, 0.05) is 25.0 Å². The number of nitrogens with one attached hydrogen (secondary N) is 2. The minimum Gasteiger partial charge on any atom is -0.384 e. The van der Waals surface area contributed by atoms with E-state index in [1.54, 1.807) is 11.3 Å². The number of hydrazone groups is 1. The normalized spacial score (nSPS) is 17.8. The van der Waals surface area contributed by atoms with Crippen molar-refractivity contribution in [3.05, 3.63) is 35.7 Å². The summed E-state index contributed by atoms with van der Waals surface area (Å²) in [7, 11) is 2.15. The molecule has 0 amide bonds. The number of nitrogens with two attached hydrogens (primary N) is 1. The average Bonchev–Trinajstić information content (AvgIpc) is 3.16. The van der Waals surface area contributed by atoms with Gasteiger partial charge in [-0.05, 0) is 44.3 Å². The van der Waals surface area contributed by atoms with Crippen LogP contribution in [0.4, 0.5) is 5.82 Å². The first-order valence-electron chi connectivity index (χ1n) is 7.85. The first-order chi connectivity index (χ1) is 11.6. The molecule has 4 N–H and O–H groups in total. The average molecular weight is 342 g/mol. The summed E-state index contributed by atoms with van der Waals surface area (Å²) < 4.78 is 1.13. The van der Waals surface area contributed by atoms with Crippen LogP contribution >= 0.6 is 11.3 Å². The highest BCUT2D eigenvalue weighted by molar-refractivity contribution is 7.20. The number of rotatable bonds is 6. The third-order valence-electron chi connectivity index (χ3n) is 4.12. The number of nitrogens with zero attached hydrogens (tertiary/aromatic N) is 3. The molecule has 3 rings (SSSR count). The zero-order valence-electron chi connectivity index (χ0n) is 13.8. The maximum atomic E-state index is 5.98. The third kappa shape index (κ3) is 3.66. The van der Waals surface area contributed by atoms with Crippen LogP contribution in [0.25, 0.3) is 15.9 Å². The van der Waals surface area contributed by atoms with Crippen molar-refractivity contribution in [2.45, 2.75) is 19.0 Å². The van der Waals surface area contributed by atoms with Gasteiger partial charge in [0.1, 0.15) is 5.82 Å². The Kier molecular flexibility index (Phi) is 4.97. The number of pyridine rings is 1. The number of aromatic nitrogens is 1. The highest BCUT2D eigenvalue weighted by atomic mass is 32.1. The molecule has 1 aliphatic rings. The molecule has 24 heavy (non-hydrogen) atoms. The molecule has 1 saturated heterocycles. The molecule has 1 atom stereocenters. The van der Waals surface area contributed by atoms with Gasteiger partial charge < -0.3 is 16.0 Å². The number of fused-ring (bicyclic) bond motifs is 1. The Balaban J connectivity index is 1.82. The first-order valence-corrected chi connectivity index (χ1v) is 8.66. The third-order valence-corrected chi connectivity index (χ3v) is 5.38. The number of likely N-dealkylation sites (N-methyl/N-ethyl adjacent to an activating group) is 1. The Morgan fingerprint density at radius 3 is 3.12 bits per heavy atom. The lowest BCUT2D eigenvalue weighted by molar-refractivity contribution is 0.398. The van der Waals surface area contributed by atoms with E-state index in [0.29, 0.717) is 17.6 Å². The molecule has 3 heterocycles. The van der Waals surface area contributed by atoms with Crippen LogP contribution in [0.3, 0.4) is 0 Å². The summed E-state index contributed by atoms with van der Waals surface area (Å²) >= 11 is 1.64. The number of hydrogen-bond donors (Lipinski definition) is 3.